The molecule has 2 amide bonds. The molecule has 0 aliphatic carbocycles. The summed E-state index contributed by atoms with van der Waals surface area (Å²) in [5, 5.41) is 9.87. The van der Waals surface area contributed by atoms with Crippen LogP contribution in [0.4, 0.5) is 0 Å². The Kier molecular flexibility index (Phi) is 8.36. The fourth-order valence-corrected chi connectivity index (χ4v) is 4.34. The molecule has 2 aromatic carbocycles. The molecular formula is C30H33N3O4. The Balaban J connectivity index is 1.64. The van der Waals surface area contributed by atoms with Gasteiger partial charge >= 0.3 is 0 Å². The Morgan fingerprint density at radius 2 is 1.78 bits per heavy atom. The Morgan fingerprint density at radius 1 is 1.14 bits per heavy atom. The zero-order valence-corrected chi connectivity index (χ0v) is 21.4. The minimum atomic E-state index is -0.406. The molecule has 1 N–H and O–H groups in total. The maximum absolute atomic E-state index is 13.6. The molecule has 1 aromatic heterocycles. The molecule has 2 heterocycles. The van der Waals surface area contributed by atoms with Crippen LogP contribution in [-0.4, -0.2) is 70.6 Å². The van der Waals surface area contributed by atoms with Gasteiger partial charge in [-0.25, -0.2) is 4.98 Å². The van der Waals surface area contributed by atoms with E-state index in [0.717, 1.165) is 11.1 Å². The highest BCUT2D eigenvalue weighted by Crippen LogP contribution is 2.28. The predicted octanol–water partition coefficient (Wildman–Crippen LogP) is 4.24. The number of aromatic nitrogens is 1. The number of rotatable bonds is 7. The van der Waals surface area contributed by atoms with E-state index in [-0.39, 0.29) is 36.3 Å². The average Bonchev–Trinajstić information content (AvgIpc) is 2.94. The van der Waals surface area contributed by atoms with E-state index in [0.29, 0.717) is 24.2 Å². The Hall–Kier alpha value is -3.97. The van der Waals surface area contributed by atoms with Crippen LogP contribution in [0.1, 0.15) is 45.7 Å². The summed E-state index contributed by atoms with van der Waals surface area (Å²) in [6.45, 7) is 4.34. The number of nitrogens with zero attached hydrogens (tertiary/aromatic N) is 3. The summed E-state index contributed by atoms with van der Waals surface area (Å²) in [6.07, 6.45) is 5.13. The lowest BCUT2D eigenvalue weighted by Gasteiger charge is -2.37. The molecule has 0 saturated carbocycles. The fraction of sp³-hybridized carbons (Fsp3) is 0.300. The Bertz CT molecular complexity index is 1250. The van der Waals surface area contributed by atoms with Crippen LogP contribution in [-0.2, 0) is 0 Å². The second-order valence-electron chi connectivity index (χ2n) is 9.54. The van der Waals surface area contributed by atoms with Crippen LogP contribution < -0.4 is 4.74 Å². The van der Waals surface area contributed by atoms with E-state index in [1.807, 2.05) is 74.5 Å². The van der Waals surface area contributed by atoms with Crippen molar-refractivity contribution in [2.75, 3.05) is 26.7 Å². The molecular weight excluding hydrogens is 466 g/mol. The summed E-state index contributed by atoms with van der Waals surface area (Å²) < 4.78 is 6.32. The molecule has 37 heavy (non-hydrogen) atoms. The highest BCUT2D eigenvalue weighted by Gasteiger charge is 2.34. The first-order valence-electron chi connectivity index (χ1n) is 12.5. The third kappa shape index (κ3) is 6.24. The number of aliphatic hydroxyl groups excluding tert-OH is 1. The van der Waals surface area contributed by atoms with Crippen LogP contribution in [0.2, 0.25) is 0 Å². The molecule has 0 fully saturated rings. The van der Waals surface area contributed by atoms with Crippen molar-refractivity contribution in [3.63, 3.8) is 0 Å². The second kappa shape index (κ2) is 11.8. The Labute approximate surface area is 218 Å². The van der Waals surface area contributed by atoms with Gasteiger partial charge in [-0.1, -0.05) is 67.6 Å². The summed E-state index contributed by atoms with van der Waals surface area (Å²) in [6, 6.07) is 20.4. The number of carbonyl (C=O) groups is 2. The Morgan fingerprint density at radius 3 is 2.46 bits per heavy atom. The number of hydrogen-bond acceptors (Lipinski definition) is 5. The molecule has 7 heteroatoms. The first-order valence-corrected chi connectivity index (χ1v) is 12.5. The summed E-state index contributed by atoms with van der Waals surface area (Å²) in [4.78, 5) is 34.4. The fourth-order valence-electron chi connectivity index (χ4n) is 4.34. The lowest BCUT2D eigenvalue weighted by atomic mass is 9.99. The van der Waals surface area contributed by atoms with E-state index in [1.165, 1.54) is 0 Å². The van der Waals surface area contributed by atoms with E-state index < -0.39 is 6.10 Å². The van der Waals surface area contributed by atoms with E-state index in [1.54, 1.807) is 41.2 Å². The minimum Gasteiger partial charge on any atom is -0.472 e. The SMILES string of the molecule is C[C@@H]1CN([C@@H](C)CO)C(=O)c2cc(/C=C/c3ccccc3)cnc2O[C@H]1CN(C)C(=O)c1ccccc1. The second-order valence-corrected chi connectivity index (χ2v) is 9.54. The number of likely N-dealkylation sites (N-methyl/N-ethyl adjacent to an activating group) is 1. The van der Waals surface area contributed by atoms with Gasteiger partial charge in [-0.2, -0.15) is 0 Å². The molecule has 3 aromatic rings. The van der Waals surface area contributed by atoms with Gasteiger partial charge in [0, 0.05) is 31.3 Å². The first kappa shape index (κ1) is 26.1. The quantitative estimate of drug-likeness (QED) is 0.526. The number of benzene rings is 2. The summed E-state index contributed by atoms with van der Waals surface area (Å²) >= 11 is 0. The molecule has 0 spiro atoms. The molecule has 7 nitrogen and oxygen atoms in total. The van der Waals surface area contributed by atoms with Gasteiger partial charge in [0.25, 0.3) is 11.8 Å². The van der Waals surface area contributed by atoms with Gasteiger partial charge in [0.2, 0.25) is 5.88 Å². The van der Waals surface area contributed by atoms with Crippen LogP contribution in [0, 0.1) is 5.92 Å². The largest absolute Gasteiger partial charge is 0.472 e. The predicted molar refractivity (Wildman–Crippen MR) is 144 cm³/mol. The van der Waals surface area contributed by atoms with Crippen LogP contribution in [0.25, 0.3) is 12.2 Å². The number of amides is 2. The van der Waals surface area contributed by atoms with Crippen LogP contribution in [0.5, 0.6) is 5.88 Å². The first-order chi connectivity index (χ1) is 17.9. The smallest absolute Gasteiger partial charge is 0.259 e. The molecule has 0 unspecified atom stereocenters. The third-order valence-electron chi connectivity index (χ3n) is 6.63. The lowest BCUT2D eigenvalue weighted by Crippen LogP contribution is -2.50. The number of fused-ring (bicyclic) bond motifs is 1. The zero-order valence-electron chi connectivity index (χ0n) is 21.4. The highest BCUT2D eigenvalue weighted by atomic mass is 16.5. The molecule has 0 radical (unpaired) electrons. The van der Waals surface area contributed by atoms with Gasteiger partial charge in [0.05, 0.1) is 19.2 Å². The van der Waals surface area contributed by atoms with E-state index >= 15 is 0 Å². The van der Waals surface area contributed by atoms with Crippen molar-refractivity contribution in [1.29, 1.82) is 0 Å². The van der Waals surface area contributed by atoms with Crippen LogP contribution in [0.3, 0.4) is 0 Å². The standard InChI is InChI=1S/C30H33N3O4/c1-21-18-33(22(2)20-34)30(36)26-16-24(15-14-23-10-6-4-7-11-23)17-31-28(26)37-27(21)19-32(3)29(35)25-12-8-5-9-13-25/h4-17,21-22,27,34H,18-20H2,1-3H3/b15-14+/t21-,22+,27+/m1/s1. The highest BCUT2D eigenvalue weighted by molar-refractivity contribution is 5.97. The van der Waals surface area contributed by atoms with Crippen molar-refractivity contribution < 1.29 is 19.4 Å². The topological polar surface area (TPSA) is 83.0 Å². The van der Waals surface area contributed by atoms with Gasteiger partial charge in [-0.05, 0) is 36.2 Å². The zero-order chi connectivity index (χ0) is 26.4. The van der Waals surface area contributed by atoms with Gasteiger partial charge in [-0.15, -0.1) is 0 Å². The third-order valence-corrected chi connectivity index (χ3v) is 6.63. The molecule has 192 valence electrons. The molecule has 1 aliphatic rings. The monoisotopic (exact) mass is 499 g/mol. The van der Waals surface area contributed by atoms with Crippen molar-refractivity contribution in [2.24, 2.45) is 5.92 Å². The number of carbonyl (C=O) groups excluding carboxylic acids is 2. The molecule has 4 rings (SSSR count). The van der Waals surface area contributed by atoms with Gasteiger partial charge in [-0.3, -0.25) is 9.59 Å². The summed E-state index contributed by atoms with van der Waals surface area (Å²) in [7, 11) is 1.75. The van der Waals surface area contributed by atoms with Gasteiger partial charge in [0.1, 0.15) is 11.7 Å². The molecule has 3 atom stereocenters. The summed E-state index contributed by atoms with van der Waals surface area (Å²) in [5.41, 5.74) is 2.73. The number of aliphatic hydroxyl groups is 1. The minimum absolute atomic E-state index is 0.107. The number of hydrogen-bond donors (Lipinski definition) is 1. The average molecular weight is 500 g/mol. The number of pyridine rings is 1. The maximum atomic E-state index is 13.6. The van der Waals surface area contributed by atoms with Crippen molar-refractivity contribution in [1.82, 2.24) is 14.8 Å². The van der Waals surface area contributed by atoms with E-state index in [4.69, 9.17) is 4.74 Å². The molecule has 0 bridgehead atoms. The van der Waals surface area contributed by atoms with E-state index in [9.17, 15) is 14.7 Å². The molecule has 0 saturated heterocycles. The maximum Gasteiger partial charge on any atom is 0.259 e. The summed E-state index contributed by atoms with van der Waals surface area (Å²) in [5.74, 6) is -0.228. The van der Waals surface area contributed by atoms with Crippen molar-refractivity contribution in [3.05, 3.63) is 95.2 Å². The van der Waals surface area contributed by atoms with Crippen LogP contribution >= 0.6 is 0 Å². The van der Waals surface area contributed by atoms with E-state index in [2.05, 4.69) is 4.98 Å². The lowest BCUT2D eigenvalue weighted by molar-refractivity contribution is 0.0313. The van der Waals surface area contributed by atoms with Crippen molar-refractivity contribution in [3.8, 4) is 5.88 Å². The van der Waals surface area contributed by atoms with Crippen molar-refractivity contribution >= 4 is 24.0 Å². The number of ether oxygens (including phenoxy) is 1. The van der Waals surface area contributed by atoms with Crippen molar-refractivity contribution in [2.45, 2.75) is 26.0 Å². The normalized spacial score (nSPS) is 18.5. The molecule has 1 aliphatic heterocycles. The van der Waals surface area contributed by atoms with Gasteiger partial charge < -0.3 is 19.6 Å². The van der Waals surface area contributed by atoms with Crippen LogP contribution in [0.15, 0.2) is 72.9 Å². The van der Waals surface area contributed by atoms with Gasteiger partial charge in [0.15, 0.2) is 0 Å².